The van der Waals surface area contributed by atoms with Gasteiger partial charge in [0.25, 0.3) is 0 Å². The Hall–Kier alpha value is -0.540. The molecule has 2 nitrogen and oxygen atoms in total. The van der Waals surface area contributed by atoms with Gasteiger partial charge in [-0.3, -0.25) is 4.90 Å². The van der Waals surface area contributed by atoms with Crippen LogP contribution >= 0.6 is 15.9 Å². The molecule has 1 N–H and O–H groups in total. The highest BCUT2D eigenvalue weighted by Crippen LogP contribution is 2.31. The highest BCUT2D eigenvalue weighted by Gasteiger charge is 2.37. The number of anilines is 1. The Labute approximate surface area is 118 Å². The summed E-state index contributed by atoms with van der Waals surface area (Å²) in [7, 11) is 0. The molecule has 2 heterocycles. The van der Waals surface area contributed by atoms with Gasteiger partial charge in [0.15, 0.2) is 0 Å². The molecule has 3 heteroatoms. The van der Waals surface area contributed by atoms with Crippen molar-refractivity contribution in [2.75, 3.05) is 18.4 Å². The van der Waals surface area contributed by atoms with Gasteiger partial charge in [-0.15, -0.1) is 0 Å². The Morgan fingerprint density at radius 2 is 2.22 bits per heavy atom. The smallest absolute Gasteiger partial charge is 0.0429 e. The number of hydrogen-bond acceptors (Lipinski definition) is 2. The lowest BCUT2D eigenvalue weighted by Crippen LogP contribution is -2.34. The number of nitrogens with zero attached hydrogens (tertiary/aromatic N) is 1. The lowest BCUT2D eigenvalue weighted by Gasteiger charge is -2.23. The van der Waals surface area contributed by atoms with Gasteiger partial charge in [-0.2, -0.15) is 0 Å². The SMILES string of the molecule is CCc1cc(Br)ccc1NC1CCN2CCCC12. The second-order valence-corrected chi connectivity index (χ2v) is 6.36. The van der Waals surface area contributed by atoms with Gasteiger partial charge >= 0.3 is 0 Å². The fourth-order valence-electron chi connectivity index (χ4n) is 3.45. The van der Waals surface area contributed by atoms with E-state index in [-0.39, 0.29) is 0 Å². The molecule has 98 valence electrons. The van der Waals surface area contributed by atoms with E-state index in [1.165, 1.54) is 48.1 Å². The molecule has 1 aromatic rings. The molecule has 0 radical (unpaired) electrons. The maximum Gasteiger partial charge on any atom is 0.0429 e. The van der Waals surface area contributed by atoms with E-state index in [1.54, 1.807) is 0 Å². The summed E-state index contributed by atoms with van der Waals surface area (Å²) < 4.78 is 1.18. The molecule has 0 saturated carbocycles. The molecule has 2 fully saturated rings. The quantitative estimate of drug-likeness (QED) is 0.916. The first-order valence-electron chi connectivity index (χ1n) is 7.07. The predicted octanol–water partition coefficient (Wildman–Crippen LogP) is 3.66. The maximum absolute atomic E-state index is 3.80. The molecule has 2 aliphatic heterocycles. The van der Waals surface area contributed by atoms with Gasteiger partial charge in [0.05, 0.1) is 0 Å². The summed E-state index contributed by atoms with van der Waals surface area (Å²) in [4.78, 5) is 2.65. The summed E-state index contributed by atoms with van der Waals surface area (Å²) in [6.45, 7) is 4.81. The second kappa shape index (κ2) is 5.22. The highest BCUT2D eigenvalue weighted by atomic mass is 79.9. The van der Waals surface area contributed by atoms with Gasteiger partial charge in [0.1, 0.15) is 0 Å². The van der Waals surface area contributed by atoms with E-state index < -0.39 is 0 Å². The molecule has 3 rings (SSSR count). The molecular formula is C15H21BrN2. The van der Waals surface area contributed by atoms with Crippen LogP contribution in [0.4, 0.5) is 5.69 Å². The third-order valence-electron chi connectivity index (χ3n) is 4.40. The Balaban J connectivity index is 1.76. The zero-order valence-electron chi connectivity index (χ0n) is 11.0. The number of fused-ring (bicyclic) bond motifs is 1. The van der Waals surface area contributed by atoms with Gasteiger partial charge in [0, 0.05) is 28.8 Å². The van der Waals surface area contributed by atoms with Crippen LogP contribution in [0.1, 0.15) is 31.7 Å². The Morgan fingerprint density at radius 1 is 1.33 bits per heavy atom. The molecular weight excluding hydrogens is 288 g/mol. The van der Waals surface area contributed by atoms with Crippen LogP contribution in [0.3, 0.4) is 0 Å². The standard InChI is InChI=1S/C15H21BrN2/c1-2-11-10-12(16)5-6-13(11)17-14-7-9-18-8-3-4-15(14)18/h5-6,10,14-15,17H,2-4,7-9H2,1H3. The normalized spacial score (nSPS) is 27.4. The number of aryl methyl sites for hydroxylation is 1. The van der Waals surface area contributed by atoms with Crippen molar-refractivity contribution < 1.29 is 0 Å². The van der Waals surface area contributed by atoms with Crippen molar-refractivity contribution in [1.82, 2.24) is 4.90 Å². The van der Waals surface area contributed by atoms with Crippen LogP contribution in [0.15, 0.2) is 22.7 Å². The van der Waals surface area contributed by atoms with Crippen LogP contribution in [0.2, 0.25) is 0 Å². The molecule has 0 aromatic heterocycles. The minimum Gasteiger partial charge on any atom is -0.380 e. The molecule has 2 saturated heterocycles. The van der Waals surface area contributed by atoms with Crippen molar-refractivity contribution in [2.24, 2.45) is 0 Å². The van der Waals surface area contributed by atoms with E-state index in [4.69, 9.17) is 0 Å². The van der Waals surface area contributed by atoms with E-state index in [0.29, 0.717) is 6.04 Å². The highest BCUT2D eigenvalue weighted by molar-refractivity contribution is 9.10. The molecule has 0 bridgehead atoms. The summed E-state index contributed by atoms with van der Waals surface area (Å²) in [5, 5.41) is 3.80. The van der Waals surface area contributed by atoms with Crippen LogP contribution in [-0.4, -0.2) is 30.1 Å². The van der Waals surface area contributed by atoms with Crippen LogP contribution in [-0.2, 0) is 6.42 Å². The van der Waals surface area contributed by atoms with Gasteiger partial charge in [-0.05, 0) is 56.0 Å². The number of halogens is 1. The maximum atomic E-state index is 3.80. The van der Waals surface area contributed by atoms with Crippen LogP contribution in [0.25, 0.3) is 0 Å². The molecule has 18 heavy (non-hydrogen) atoms. The van der Waals surface area contributed by atoms with Crippen molar-refractivity contribution in [2.45, 2.75) is 44.7 Å². The van der Waals surface area contributed by atoms with Crippen LogP contribution in [0.5, 0.6) is 0 Å². The number of rotatable bonds is 3. The zero-order chi connectivity index (χ0) is 12.5. The first-order valence-corrected chi connectivity index (χ1v) is 7.86. The summed E-state index contributed by atoms with van der Waals surface area (Å²) in [5.41, 5.74) is 2.75. The fourth-order valence-corrected chi connectivity index (χ4v) is 3.85. The lowest BCUT2D eigenvalue weighted by molar-refractivity contribution is 0.318. The molecule has 2 atom stereocenters. The number of hydrogen-bond donors (Lipinski definition) is 1. The van der Waals surface area contributed by atoms with E-state index >= 15 is 0 Å². The first-order chi connectivity index (χ1) is 8.78. The average Bonchev–Trinajstić information content (AvgIpc) is 2.96. The molecule has 0 aliphatic carbocycles. The number of nitrogens with one attached hydrogen (secondary N) is 1. The topological polar surface area (TPSA) is 15.3 Å². The van der Waals surface area contributed by atoms with Gasteiger partial charge in [0.2, 0.25) is 0 Å². The van der Waals surface area contributed by atoms with Gasteiger partial charge < -0.3 is 5.32 Å². The van der Waals surface area contributed by atoms with Crippen molar-refractivity contribution in [3.05, 3.63) is 28.2 Å². The summed E-state index contributed by atoms with van der Waals surface area (Å²) >= 11 is 3.56. The van der Waals surface area contributed by atoms with E-state index in [2.05, 4.69) is 51.3 Å². The van der Waals surface area contributed by atoms with Gasteiger partial charge in [-0.1, -0.05) is 22.9 Å². The monoisotopic (exact) mass is 308 g/mol. The average molecular weight is 309 g/mol. The van der Waals surface area contributed by atoms with E-state index in [1.807, 2.05) is 0 Å². The van der Waals surface area contributed by atoms with Crippen LogP contribution in [0, 0.1) is 0 Å². The van der Waals surface area contributed by atoms with Crippen molar-refractivity contribution in [1.29, 1.82) is 0 Å². The molecule has 0 spiro atoms. The largest absolute Gasteiger partial charge is 0.380 e. The van der Waals surface area contributed by atoms with E-state index in [0.717, 1.165) is 12.5 Å². The summed E-state index contributed by atoms with van der Waals surface area (Å²) in [5.74, 6) is 0. The minimum atomic E-state index is 0.652. The van der Waals surface area contributed by atoms with Crippen molar-refractivity contribution in [3.8, 4) is 0 Å². The van der Waals surface area contributed by atoms with Crippen molar-refractivity contribution >= 4 is 21.6 Å². The zero-order valence-corrected chi connectivity index (χ0v) is 12.5. The molecule has 1 aromatic carbocycles. The first kappa shape index (κ1) is 12.5. The fraction of sp³-hybridized carbons (Fsp3) is 0.600. The third kappa shape index (κ3) is 2.30. The number of benzene rings is 1. The predicted molar refractivity (Wildman–Crippen MR) is 80.1 cm³/mol. The second-order valence-electron chi connectivity index (χ2n) is 5.44. The van der Waals surface area contributed by atoms with Crippen LogP contribution < -0.4 is 5.32 Å². The molecule has 2 unspecified atom stereocenters. The minimum absolute atomic E-state index is 0.652. The Bertz CT molecular complexity index is 433. The van der Waals surface area contributed by atoms with Gasteiger partial charge in [-0.25, -0.2) is 0 Å². The Kier molecular flexibility index (Phi) is 3.62. The third-order valence-corrected chi connectivity index (χ3v) is 4.89. The van der Waals surface area contributed by atoms with Crippen molar-refractivity contribution in [3.63, 3.8) is 0 Å². The Morgan fingerprint density at radius 3 is 3.06 bits per heavy atom. The molecule has 2 aliphatic rings. The summed E-state index contributed by atoms with van der Waals surface area (Å²) in [6.07, 6.45) is 5.13. The van der Waals surface area contributed by atoms with E-state index in [9.17, 15) is 0 Å². The lowest BCUT2D eigenvalue weighted by atomic mass is 10.0. The summed E-state index contributed by atoms with van der Waals surface area (Å²) in [6, 6.07) is 8.03. The molecule has 0 amide bonds.